The second-order valence-electron chi connectivity index (χ2n) is 6.23. The highest BCUT2D eigenvalue weighted by molar-refractivity contribution is 5.92. The number of benzene rings is 2. The Kier molecular flexibility index (Phi) is 4.84. The predicted molar refractivity (Wildman–Crippen MR) is 101 cm³/mol. The fraction of sp³-hybridized carbons (Fsp3) is 0.200. The highest BCUT2D eigenvalue weighted by Gasteiger charge is 2.17. The highest BCUT2D eigenvalue weighted by atomic mass is 19.1. The number of guanidine groups is 1. The molecule has 0 saturated carbocycles. The van der Waals surface area contributed by atoms with Crippen LogP contribution in [0.15, 0.2) is 64.1 Å². The molecule has 1 aromatic heterocycles. The van der Waals surface area contributed by atoms with Gasteiger partial charge >= 0.3 is 0 Å². The summed E-state index contributed by atoms with van der Waals surface area (Å²) in [4.78, 5) is 4.12. The first-order valence-electron chi connectivity index (χ1n) is 8.65. The normalized spacial score (nSPS) is 15.0. The van der Waals surface area contributed by atoms with Crippen molar-refractivity contribution in [3.63, 3.8) is 0 Å². The van der Waals surface area contributed by atoms with Crippen molar-refractivity contribution >= 4 is 11.8 Å². The van der Waals surface area contributed by atoms with Crippen LogP contribution in [-0.4, -0.2) is 24.6 Å². The van der Waals surface area contributed by atoms with E-state index in [1.54, 1.807) is 18.2 Å². The zero-order valence-corrected chi connectivity index (χ0v) is 14.8. The van der Waals surface area contributed by atoms with Gasteiger partial charge in [0.2, 0.25) is 11.8 Å². The quantitative estimate of drug-likeness (QED) is 0.732. The number of anilines is 1. The number of hydrogen-bond acceptors (Lipinski definition) is 6. The summed E-state index contributed by atoms with van der Waals surface area (Å²) in [6, 6.07) is 16.5. The third-order valence-corrected chi connectivity index (χ3v) is 4.45. The van der Waals surface area contributed by atoms with E-state index in [1.807, 2.05) is 43.3 Å². The number of nitrogens with zero attached hydrogens (tertiary/aromatic N) is 2. The van der Waals surface area contributed by atoms with E-state index >= 15 is 0 Å². The zero-order chi connectivity index (χ0) is 18.6. The van der Waals surface area contributed by atoms with Crippen molar-refractivity contribution in [1.29, 1.82) is 0 Å². The average molecular weight is 366 g/mol. The van der Waals surface area contributed by atoms with Gasteiger partial charge < -0.3 is 14.6 Å². The molecular formula is C20H19FN4O2. The molecule has 7 heteroatoms. The van der Waals surface area contributed by atoms with Gasteiger partial charge in [0, 0.05) is 17.5 Å². The minimum Gasteiger partial charge on any atom is -0.339 e. The van der Waals surface area contributed by atoms with E-state index in [4.69, 9.17) is 9.26 Å². The molecular weight excluding hydrogens is 347 g/mol. The lowest BCUT2D eigenvalue weighted by Crippen LogP contribution is -2.36. The smallest absolute Gasteiger partial charge is 0.231 e. The van der Waals surface area contributed by atoms with Crippen molar-refractivity contribution in [2.24, 2.45) is 4.99 Å². The van der Waals surface area contributed by atoms with Crippen LogP contribution < -0.4 is 10.6 Å². The van der Waals surface area contributed by atoms with E-state index in [1.165, 1.54) is 0 Å². The minimum atomic E-state index is -0.256. The lowest BCUT2D eigenvalue weighted by atomic mass is 9.95. The van der Waals surface area contributed by atoms with Crippen LogP contribution in [0.1, 0.15) is 24.1 Å². The van der Waals surface area contributed by atoms with Crippen molar-refractivity contribution in [3.8, 4) is 11.1 Å². The number of ether oxygens (including phenoxy) is 1. The Balaban J connectivity index is 1.52. The Morgan fingerprint density at radius 3 is 2.74 bits per heavy atom. The van der Waals surface area contributed by atoms with Gasteiger partial charge in [-0.1, -0.05) is 54.5 Å². The summed E-state index contributed by atoms with van der Waals surface area (Å²) in [6.07, 6.45) is 0. The fourth-order valence-electron chi connectivity index (χ4n) is 2.91. The van der Waals surface area contributed by atoms with Gasteiger partial charge in [0.1, 0.15) is 19.3 Å². The van der Waals surface area contributed by atoms with E-state index in [2.05, 4.69) is 20.8 Å². The molecule has 1 atom stereocenters. The summed E-state index contributed by atoms with van der Waals surface area (Å²) >= 11 is 0. The van der Waals surface area contributed by atoms with Gasteiger partial charge in [0.25, 0.3) is 0 Å². The topological polar surface area (TPSA) is 71.7 Å². The lowest BCUT2D eigenvalue weighted by Gasteiger charge is -2.14. The van der Waals surface area contributed by atoms with E-state index in [9.17, 15) is 4.39 Å². The summed E-state index contributed by atoms with van der Waals surface area (Å²) < 4.78 is 25.0. The second kappa shape index (κ2) is 7.59. The molecule has 2 aromatic carbocycles. The maximum absolute atomic E-state index is 14.6. The molecule has 0 saturated heterocycles. The van der Waals surface area contributed by atoms with Crippen LogP contribution in [0.4, 0.5) is 10.3 Å². The van der Waals surface area contributed by atoms with Crippen molar-refractivity contribution < 1.29 is 13.7 Å². The first-order chi connectivity index (χ1) is 13.2. The molecule has 3 aromatic rings. The Hall–Kier alpha value is -3.19. The van der Waals surface area contributed by atoms with E-state index in [-0.39, 0.29) is 11.7 Å². The molecule has 1 aliphatic heterocycles. The maximum atomic E-state index is 14.6. The molecule has 2 N–H and O–H groups in total. The molecule has 0 spiro atoms. The molecule has 6 nitrogen and oxygen atoms in total. The first-order valence-corrected chi connectivity index (χ1v) is 8.65. The number of rotatable bonds is 4. The monoisotopic (exact) mass is 366 g/mol. The summed E-state index contributed by atoms with van der Waals surface area (Å²) in [7, 11) is 0. The van der Waals surface area contributed by atoms with Crippen molar-refractivity contribution in [3.05, 3.63) is 71.7 Å². The van der Waals surface area contributed by atoms with Gasteiger partial charge in [-0.05, 0) is 17.2 Å². The largest absolute Gasteiger partial charge is 0.339 e. The van der Waals surface area contributed by atoms with Crippen LogP contribution >= 0.6 is 0 Å². The first kappa shape index (κ1) is 17.2. The summed E-state index contributed by atoms with van der Waals surface area (Å²) in [5.74, 6) is 0.655. The summed E-state index contributed by atoms with van der Waals surface area (Å²) in [5.41, 5.74) is 2.97. The number of nitrogens with one attached hydrogen (secondary N) is 2. The third-order valence-electron chi connectivity index (χ3n) is 4.45. The molecule has 1 unspecified atom stereocenters. The van der Waals surface area contributed by atoms with E-state index in [0.717, 1.165) is 11.1 Å². The molecule has 138 valence electrons. The molecule has 0 fully saturated rings. The van der Waals surface area contributed by atoms with E-state index in [0.29, 0.717) is 36.6 Å². The SMILES string of the molecule is CC(c1ccc(-c2ccccc2)c(F)c1)c1cc(NC2=NCOCN2)on1. The van der Waals surface area contributed by atoms with Crippen molar-refractivity contribution in [2.75, 3.05) is 18.8 Å². The number of aliphatic imine (C=N–C) groups is 1. The summed E-state index contributed by atoms with van der Waals surface area (Å²) in [5, 5.41) is 10.0. The van der Waals surface area contributed by atoms with Crippen LogP contribution in [0, 0.1) is 5.82 Å². The van der Waals surface area contributed by atoms with Crippen LogP contribution in [0.3, 0.4) is 0 Å². The van der Waals surface area contributed by atoms with Crippen molar-refractivity contribution in [1.82, 2.24) is 10.5 Å². The fourth-order valence-corrected chi connectivity index (χ4v) is 2.91. The van der Waals surface area contributed by atoms with Gasteiger partial charge in [0.05, 0.1) is 5.69 Å². The summed E-state index contributed by atoms with van der Waals surface area (Å²) in [6.45, 7) is 2.64. The number of hydrogen-bond donors (Lipinski definition) is 2. The van der Waals surface area contributed by atoms with Crippen LogP contribution in [0.5, 0.6) is 0 Å². The maximum Gasteiger partial charge on any atom is 0.231 e. The molecule has 0 radical (unpaired) electrons. The molecule has 2 heterocycles. The molecule has 4 rings (SSSR count). The van der Waals surface area contributed by atoms with Gasteiger partial charge in [-0.2, -0.15) is 0 Å². The second-order valence-corrected chi connectivity index (χ2v) is 6.23. The molecule has 27 heavy (non-hydrogen) atoms. The Morgan fingerprint density at radius 1 is 1.15 bits per heavy atom. The standard InChI is InChI=1S/C20H19FN4O2/c1-13(18-10-19(27-25-18)24-20-22-11-26-12-23-20)15-7-8-16(17(21)9-15)14-5-3-2-4-6-14/h2-10,13H,11-12H2,1H3,(H2,22,23,24). The van der Waals surface area contributed by atoms with Crippen LogP contribution in [0.25, 0.3) is 11.1 Å². The predicted octanol–water partition coefficient (Wildman–Crippen LogP) is 3.94. The highest BCUT2D eigenvalue weighted by Crippen LogP contribution is 2.30. The van der Waals surface area contributed by atoms with E-state index < -0.39 is 0 Å². The van der Waals surface area contributed by atoms with Crippen molar-refractivity contribution in [2.45, 2.75) is 12.8 Å². The zero-order valence-electron chi connectivity index (χ0n) is 14.8. The van der Waals surface area contributed by atoms with Gasteiger partial charge in [-0.3, -0.25) is 5.32 Å². The van der Waals surface area contributed by atoms with Gasteiger partial charge in [0.15, 0.2) is 0 Å². The number of aromatic nitrogens is 1. The molecule has 1 aliphatic rings. The average Bonchev–Trinajstić information content (AvgIpc) is 3.17. The Morgan fingerprint density at radius 2 is 2.00 bits per heavy atom. The van der Waals surface area contributed by atoms with Crippen LogP contribution in [0.2, 0.25) is 0 Å². The third kappa shape index (κ3) is 3.83. The molecule has 0 aliphatic carbocycles. The van der Waals surface area contributed by atoms with Gasteiger partial charge in [-0.25, -0.2) is 9.38 Å². The number of halogens is 1. The Labute approximate surface area is 156 Å². The minimum absolute atomic E-state index is 0.117. The lowest BCUT2D eigenvalue weighted by molar-refractivity contribution is 0.125. The van der Waals surface area contributed by atoms with Crippen LogP contribution in [-0.2, 0) is 4.74 Å². The van der Waals surface area contributed by atoms with Gasteiger partial charge in [-0.15, -0.1) is 0 Å². The molecule has 0 bridgehead atoms. The molecule has 0 amide bonds. The Bertz CT molecular complexity index is 956.